The predicted octanol–water partition coefficient (Wildman–Crippen LogP) is 6.95. The van der Waals surface area contributed by atoms with E-state index in [0.29, 0.717) is 0 Å². The van der Waals surface area contributed by atoms with Crippen LogP contribution < -0.4 is 4.74 Å². The van der Waals surface area contributed by atoms with Crippen molar-refractivity contribution in [3.63, 3.8) is 0 Å². The molecule has 0 bridgehead atoms. The first-order chi connectivity index (χ1) is 13.8. The molecular weight excluding hydrogens is 342 g/mol. The molecular formula is C26H35NO. The monoisotopic (exact) mass is 377 g/mol. The van der Waals surface area contributed by atoms with Crippen molar-refractivity contribution in [2.24, 2.45) is 0 Å². The molecule has 28 heavy (non-hydrogen) atoms. The molecule has 0 atom stereocenters. The van der Waals surface area contributed by atoms with E-state index in [2.05, 4.69) is 54.9 Å². The number of benzene rings is 1. The first kappa shape index (κ1) is 22.0. The Morgan fingerprint density at radius 3 is 2.14 bits per heavy atom. The largest absolute Gasteiger partial charge is 0.492 e. The lowest BCUT2D eigenvalue weighted by Gasteiger charge is -2.05. The number of aromatic nitrogens is 1. The van der Waals surface area contributed by atoms with Gasteiger partial charge in [0.25, 0.3) is 0 Å². The second-order valence-electron chi connectivity index (χ2n) is 7.40. The smallest absolute Gasteiger partial charge is 0.137 e. The van der Waals surface area contributed by atoms with E-state index in [-0.39, 0.29) is 0 Å². The van der Waals surface area contributed by atoms with Gasteiger partial charge in [-0.3, -0.25) is 0 Å². The average Bonchev–Trinajstić information content (AvgIpc) is 2.74. The van der Waals surface area contributed by atoms with Gasteiger partial charge >= 0.3 is 0 Å². The quantitative estimate of drug-likeness (QED) is 0.295. The number of rotatable bonds is 12. The maximum Gasteiger partial charge on any atom is 0.137 e. The lowest BCUT2D eigenvalue weighted by Crippen LogP contribution is -1.97. The van der Waals surface area contributed by atoms with Gasteiger partial charge in [-0.2, -0.15) is 0 Å². The molecule has 0 radical (unpaired) electrons. The fourth-order valence-electron chi connectivity index (χ4n) is 3.08. The van der Waals surface area contributed by atoms with Crippen LogP contribution in [0.5, 0.6) is 5.75 Å². The number of aryl methyl sites for hydroxylation is 1. The molecule has 0 spiro atoms. The zero-order valence-corrected chi connectivity index (χ0v) is 17.7. The van der Waals surface area contributed by atoms with Crippen molar-refractivity contribution < 1.29 is 4.74 Å². The molecule has 0 amide bonds. The van der Waals surface area contributed by atoms with Gasteiger partial charge in [-0.25, -0.2) is 4.98 Å². The lowest BCUT2D eigenvalue weighted by atomic mass is 10.0. The van der Waals surface area contributed by atoms with Crippen LogP contribution in [0.15, 0.2) is 42.6 Å². The van der Waals surface area contributed by atoms with Crippen LogP contribution in [0.1, 0.15) is 88.5 Å². The molecule has 0 aliphatic rings. The van der Waals surface area contributed by atoms with Crippen molar-refractivity contribution in [1.29, 1.82) is 0 Å². The van der Waals surface area contributed by atoms with Crippen molar-refractivity contribution in [2.45, 2.75) is 78.1 Å². The Balaban J connectivity index is 1.76. The predicted molar refractivity (Wildman–Crippen MR) is 119 cm³/mol. The highest BCUT2D eigenvalue weighted by Crippen LogP contribution is 2.12. The van der Waals surface area contributed by atoms with Gasteiger partial charge in [0.15, 0.2) is 0 Å². The summed E-state index contributed by atoms with van der Waals surface area (Å²) in [7, 11) is 0. The zero-order chi connectivity index (χ0) is 19.9. The minimum absolute atomic E-state index is 0.762. The van der Waals surface area contributed by atoms with Crippen LogP contribution in [0.2, 0.25) is 0 Å². The van der Waals surface area contributed by atoms with E-state index in [9.17, 15) is 0 Å². The highest BCUT2D eigenvalue weighted by atomic mass is 16.5. The normalized spacial score (nSPS) is 10.4. The molecule has 2 nitrogen and oxygen atoms in total. The number of nitrogens with zero attached hydrogens (tertiary/aromatic N) is 1. The Morgan fingerprint density at radius 1 is 0.750 bits per heavy atom. The van der Waals surface area contributed by atoms with Crippen molar-refractivity contribution >= 4 is 0 Å². The highest BCUT2D eigenvalue weighted by Gasteiger charge is 1.97. The fraction of sp³-hybridized carbons (Fsp3) is 0.500. The van der Waals surface area contributed by atoms with Crippen molar-refractivity contribution in [2.75, 3.05) is 6.61 Å². The van der Waals surface area contributed by atoms with E-state index in [1.54, 1.807) is 6.20 Å². The Bertz CT molecular complexity index is 645. The van der Waals surface area contributed by atoms with Crippen LogP contribution in [-0.2, 0) is 6.42 Å². The van der Waals surface area contributed by atoms with Gasteiger partial charge in [0.1, 0.15) is 11.4 Å². The summed E-state index contributed by atoms with van der Waals surface area (Å²) in [5.41, 5.74) is 3.21. The van der Waals surface area contributed by atoms with Crippen LogP contribution in [-0.4, -0.2) is 11.6 Å². The minimum atomic E-state index is 0.762. The molecule has 150 valence electrons. The molecule has 2 rings (SSSR count). The molecule has 0 saturated heterocycles. The van der Waals surface area contributed by atoms with E-state index in [1.807, 2.05) is 12.1 Å². The third-order valence-corrected chi connectivity index (χ3v) is 4.86. The molecule has 0 saturated carbocycles. The summed E-state index contributed by atoms with van der Waals surface area (Å²) in [6, 6.07) is 12.5. The van der Waals surface area contributed by atoms with E-state index in [4.69, 9.17) is 4.74 Å². The van der Waals surface area contributed by atoms with E-state index >= 15 is 0 Å². The summed E-state index contributed by atoms with van der Waals surface area (Å²) in [5.74, 6) is 7.17. The molecule has 0 aliphatic heterocycles. The molecule has 0 unspecified atom stereocenters. The van der Waals surface area contributed by atoms with Crippen molar-refractivity contribution in [3.05, 3.63) is 59.4 Å². The standard InChI is InChI=1S/C26H35NO/c1-3-5-7-9-10-12-23-13-15-24(16-14-23)17-18-25-19-20-26(22-27-25)28-21-11-8-6-4-2/h13-16,19-20,22H,3-12,21H2,1-2H3. The van der Waals surface area contributed by atoms with Gasteiger partial charge in [0.05, 0.1) is 12.8 Å². The molecule has 2 aromatic rings. The Labute approximate surface area is 171 Å². The van der Waals surface area contributed by atoms with Crippen LogP contribution in [0.3, 0.4) is 0 Å². The van der Waals surface area contributed by atoms with Gasteiger partial charge in [-0.05, 0) is 55.0 Å². The molecule has 1 aromatic carbocycles. The third kappa shape index (κ3) is 9.09. The number of unbranched alkanes of at least 4 members (excludes halogenated alkanes) is 7. The second-order valence-corrected chi connectivity index (χ2v) is 7.40. The third-order valence-electron chi connectivity index (χ3n) is 4.86. The molecule has 2 heteroatoms. The molecule has 0 N–H and O–H groups in total. The number of hydrogen-bond donors (Lipinski definition) is 0. The molecule has 0 aliphatic carbocycles. The molecule has 1 heterocycles. The fourth-order valence-corrected chi connectivity index (χ4v) is 3.08. The van der Waals surface area contributed by atoms with E-state index in [1.165, 1.54) is 63.4 Å². The number of pyridine rings is 1. The topological polar surface area (TPSA) is 22.1 Å². The van der Waals surface area contributed by atoms with E-state index < -0.39 is 0 Å². The van der Waals surface area contributed by atoms with Gasteiger partial charge < -0.3 is 4.74 Å². The van der Waals surface area contributed by atoms with Crippen molar-refractivity contribution in [3.8, 4) is 17.6 Å². The van der Waals surface area contributed by atoms with E-state index in [0.717, 1.165) is 30.0 Å². The van der Waals surface area contributed by atoms with Crippen LogP contribution in [0.25, 0.3) is 0 Å². The summed E-state index contributed by atoms with van der Waals surface area (Å²) < 4.78 is 5.73. The lowest BCUT2D eigenvalue weighted by molar-refractivity contribution is 0.304. The first-order valence-corrected chi connectivity index (χ1v) is 11.0. The highest BCUT2D eigenvalue weighted by molar-refractivity contribution is 5.41. The number of hydrogen-bond acceptors (Lipinski definition) is 2. The van der Waals surface area contributed by atoms with Crippen molar-refractivity contribution in [1.82, 2.24) is 4.98 Å². The maximum absolute atomic E-state index is 5.73. The molecule has 1 aromatic heterocycles. The Hall–Kier alpha value is -2.27. The summed E-state index contributed by atoms with van der Waals surface area (Å²) in [6.07, 6.45) is 14.4. The first-order valence-electron chi connectivity index (χ1n) is 11.0. The summed E-state index contributed by atoms with van der Waals surface area (Å²) in [5, 5.41) is 0. The van der Waals surface area contributed by atoms with Gasteiger partial charge in [-0.1, -0.05) is 76.8 Å². The Kier molecular flexibility index (Phi) is 10.9. The minimum Gasteiger partial charge on any atom is -0.492 e. The summed E-state index contributed by atoms with van der Waals surface area (Å²) in [6.45, 7) is 5.24. The Morgan fingerprint density at radius 2 is 1.46 bits per heavy atom. The summed E-state index contributed by atoms with van der Waals surface area (Å²) >= 11 is 0. The van der Waals surface area contributed by atoms with Gasteiger partial charge in [0, 0.05) is 5.56 Å². The van der Waals surface area contributed by atoms with Gasteiger partial charge in [-0.15, -0.1) is 0 Å². The molecule has 0 fully saturated rings. The average molecular weight is 378 g/mol. The van der Waals surface area contributed by atoms with Crippen LogP contribution in [0.4, 0.5) is 0 Å². The van der Waals surface area contributed by atoms with Gasteiger partial charge in [0.2, 0.25) is 0 Å². The zero-order valence-electron chi connectivity index (χ0n) is 17.7. The second kappa shape index (κ2) is 13.8. The number of ether oxygens (including phenoxy) is 1. The summed E-state index contributed by atoms with van der Waals surface area (Å²) in [4.78, 5) is 4.39. The SMILES string of the molecule is CCCCCCCc1ccc(C#Cc2ccc(OCCCCCC)cn2)cc1. The maximum atomic E-state index is 5.73. The van der Waals surface area contributed by atoms with Crippen LogP contribution in [0, 0.1) is 11.8 Å². The van der Waals surface area contributed by atoms with Crippen LogP contribution >= 0.6 is 0 Å².